The summed E-state index contributed by atoms with van der Waals surface area (Å²) in [6.07, 6.45) is 3.63. The van der Waals surface area contributed by atoms with Gasteiger partial charge in [-0.05, 0) is 48.5 Å². The maximum Gasteiger partial charge on any atom is 0.230 e. The molecule has 7 heteroatoms. The van der Waals surface area contributed by atoms with Gasteiger partial charge in [-0.15, -0.1) is 11.3 Å². The smallest absolute Gasteiger partial charge is 0.230 e. The van der Waals surface area contributed by atoms with Gasteiger partial charge < -0.3 is 10.1 Å². The molecule has 0 aliphatic carbocycles. The van der Waals surface area contributed by atoms with E-state index in [0.29, 0.717) is 22.9 Å². The van der Waals surface area contributed by atoms with Crippen molar-refractivity contribution in [1.29, 1.82) is 0 Å². The van der Waals surface area contributed by atoms with E-state index >= 15 is 0 Å². The zero-order chi connectivity index (χ0) is 20.1. The summed E-state index contributed by atoms with van der Waals surface area (Å²) in [4.78, 5) is 20.9. The lowest BCUT2D eigenvalue weighted by molar-refractivity contribution is -0.115. The van der Waals surface area contributed by atoms with Crippen LogP contribution in [0.5, 0.6) is 11.5 Å². The second-order valence-corrected chi connectivity index (χ2v) is 7.05. The molecule has 1 amide bonds. The molecule has 4 aromatic rings. The number of carbonyl (C=O) groups is 1. The number of benzene rings is 2. The molecule has 2 heterocycles. The van der Waals surface area contributed by atoms with E-state index in [9.17, 15) is 9.18 Å². The van der Waals surface area contributed by atoms with Gasteiger partial charge >= 0.3 is 0 Å². The zero-order valence-electron chi connectivity index (χ0n) is 15.2. The fourth-order valence-corrected chi connectivity index (χ4v) is 3.46. The first-order chi connectivity index (χ1) is 14.2. The summed E-state index contributed by atoms with van der Waals surface area (Å²) in [6, 6.07) is 16.6. The minimum absolute atomic E-state index is 0.160. The fourth-order valence-electron chi connectivity index (χ4n) is 2.65. The van der Waals surface area contributed by atoms with Crippen LogP contribution in [0.15, 0.2) is 78.4 Å². The number of amides is 1. The monoisotopic (exact) mass is 405 g/mol. The Bertz CT molecular complexity index is 1110. The number of hydrogen-bond acceptors (Lipinski definition) is 5. The standard InChI is InChI=1S/C22H16FN3O2S/c23-16-4-1-5-20(11-16)28-19-8-6-17(7-9-19)25-21(27)12-18-14-29-22(26-18)15-3-2-10-24-13-15/h1-11,13-14H,12H2,(H,25,27). The van der Waals surface area contributed by atoms with Crippen LogP contribution in [0.2, 0.25) is 0 Å². The van der Waals surface area contributed by atoms with Crippen LogP contribution in [-0.4, -0.2) is 15.9 Å². The second-order valence-electron chi connectivity index (χ2n) is 6.19. The number of nitrogens with zero attached hydrogens (tertiary/aromatic N) is 2. The molecule has 0 unspecified atom stereocenters. The predicted octanol–water partition coefficient (Wildman–Crippen LogP) is 5.32. The van der Waals surface area contributed by atoms with E-state index in [4.69, 9.17) is 4.74 Å². The number of carbonyl (C=O) groups excluding carboxylic acids is 1. The third-order valence-corrected chi connectivity index (χ3v) is 4.91. The van der Waals surface area contributed by atoms with Crippen molar-refractivity contribution in [3.05, 3.63) is 89.9 Å². The Kier molecular flexibility index (Phi) is 5.58. The van der Waals surface area contributed by atoms with Crippen molar-refractivity contribution in [3.63, 3.8) is 0 Å². The molecule has 2 aromatic heterocycles. The van der Waals surface area contributed by atoms with Crippen molar-refractivity contribution >= 4 is 22.9 Å². The normalized spacial score (nSPS) is 10.5. The number of pyridine rings is 1. The van der Waals surface area contributed by atoms with E-state index in [-0.39, 0.29) is 18.1 Å². The van der Waals surface area contributed by atoms with E-state index in [0.717, 1.165) is 10.6 Å². The topological polar surface area (TPSA) is 64.1 Å². The van der Waals surface area contributed by atoms with Crippen molar-refractivity contribution in [1.82, 2.24) is 9.97 Å². The Labute approximate surface area is 170 Å². The van der Waals surface area contributed by atoms with Crippen molar-refractivity contribution in [3.8, 4) is 22.1 Å². The van der Waals surface area contributed by atoms with Gasteiger partial charge in [0.15, 0.2) is 0 Å². The number of halogens is 1. The van der Waals surface area contributed by atoms with Gasteiger partial charge in [-0.25, -0.2) is 9.37 Å². The summed E-state index contributed by atoms with van der Waals surface area (Å²) in [7, 11) is 0. The van der Waals surface area contributed by atoms with Crippen LogP contribution < -0.4 is 10.1 Å². The Hall–Kier alpha value is -3.58. The molecular weight excluding hydrogens is 389 g/mol. The van der Waals surface area contributed by atoms with E-state index in [1.165, 1.54) is 23.5 Å². The molecule has 0 fully saturated rings. The summed E-state index contributed by atoms with van der Waals surface area (Å²) in [5.41, 5.74) is 2.28. The summed E-state index contributed by atoms with van der Waals surface area (Å²) in [5.74, 6) is 0.441. The maximum absolute atomic E-state index is 13.2. The number of rotatable bonds is 6. The molecule has 0 bridgehead atoms. The third kappa shape index (κ3) is 5.03. The molecular formula is C22H16FN3O2S. The molecule has 0 aliphatic heterocycles. The fraction of sp³-hybridized carbons (Fsp3) is 0.0455. The van der Waals surface area contributed by atoms with Gasteiger partial charge in [0.25, 0.3) is 0 Å². The van der Waals surface area contributed by atoms with Crippen LogP contribution in [0.25, 0.3) is 10.6 Å². The highest BCUT2D eigenvalue weighted by Crippen LogP contribution is 2.25. The van der Waals surface area contributed by atoms with E-state index in [1.807, 2.05) is 17.5 Å². The SMILES string of the molecule is O=C(Cc1csc(-c2cccnc2)n1)Nc1ccc(Oc2cccc(F)c2)cc1. The molecule has 5 nitrogen and oxygen atoms in total. The van der Waals surface area contributed by atoms with Crippen LogP contribution in [-0.2, 0) is 11.2 Å². The predicted molar refractivity (Wildman–Crippen MR) is 111 cm³/mol. The van der Waals surface area contributed by atoms with Crippen molar-refractivity contribution in [2.45, 2.75) is 6.42 Å². The van der Waals surface area contributed by atoms with Crippen molar-refractivity contribution in [2.24, 2.45) is 0 Å². The molecule has 1 N–H and O–H groups in total. The molecule has 0 saturated carbocycles. The molecule has 0 spiro atoms. The van der Waals surface area contributed by atoms with Gasteiger partial charge in [0, 0.05) is 35.1 Å². The van der Waals surface area contributed by atoms with Crippen molar-refractivity contribution < 1.29 is 13.9 Å². The number of anilines is 1. The molecule has 0 aliphatic rings. The maximum atomic E-state index is 13.2. The highest BCUT2D eigenvalue weighted by Gasteiger charge is 2.10. The van der Waals surface area contributed by atoms with Gasteiger partial charge in [-0.3, -0.25) is 9.78 Å². The first-order valence-corrected chi connectivity index (χ1v) is 9.72. The first-order valence-electron chi connectivity index (χ1n) is 8.84. The number of aromatic nitrogens is 2. The minimum Gasteiger partial charge on any atom is -0.457 e. The van der Waals surface area contributed by atoms with E-state index in [1.54, 1.807) is 48.8 Å². The molecule has 0 atom stereocenters. The Morgan fingerprint density at radius 3 is 2.69 bits per heavy atom. The molecule has 4 rings (SSSR count). The quantitative estimate of drug-likeness (QED) is 0.472. The summed E-state index contributed by atoms with van der Waals surface area (Å²) in [5, 5.41) is 5.54. The first kappa shape index (κ1) is 18.8. The highest BCUT2D eigenvalue weighted by molar-refractivity contribution is 7.13. The lowest BCUT2D eigenvalue weighted by Gasteiger charge is -2.08. The lowest BCUT2D eigenvalue weighted by atomic mass is 10.2. The highest BCUT2D eigenvalue weighted by atomic mass is 32.1. The minimum atomic E-state index is -0.361. The molecule has 0 radical (unpaired) electrons. The summed E-state index contributed by atoms with van der Waals surface area (Å²) >= 11 is 1.48. The van der Waals surface area contributed by atoms with Gasteiger partial charge in [0.05, 0.1) is 12.1 Å². The second kappa shape index (κ2) is 8.62. The Morgan fingerprint density at radius 2 is 1.93 bits per heavy atom. The number of hydrogen-bond donors (Lipinski definition) is 1. The van der Waals surface area contributed by atoms with Crippen LogP contribution in [0.3, 0.4) is 0 Å². The molecule has 2 aromatic carbocycles. The largest absolute Gasteiger partial charge is 0.457 e. The zero-order valence-corrected chi connectivity index (χ0v) is 16.0. The number of ether oxygens (including phenoxy) is 1. The summed E-state index contributed by atoms with van der Waals surface area (Å²) < 4.78 is 18.8. The Balaban J connectivity index is 1.34. The number of nitrogens with one attached hydrogen (secondary N) is 1. The van der Waals surface area contributed by atoms with Crippen LogP contribution in [0, 0.1) is 5.82 Å². The van der Waals surface area contributed by atoms with Gasteiger partial charge in [0.1, 0.15) is 22.3 Å². The van der Waals surface area contributed by atoms with Crippen LogP contribution in [0.4, 0.5) is 10.1 Å². The van der Waals surface area contributed by atoms with Crippen molar-refractivity contribution in [2.75, 3.05) is 5.32 Å². The van der Waals surface area contributed by atoms with Crippen LogP contribution in [0.1, 0.15) is 5.69 Å². The van der Waals surface area contributed by atoms with Crippen LogP contribution >= 0.6 is 11.3 Å². The van der Waals surface area contributed by atoms with E-state index in [2.05, 4.69) is 15.3 Å². The van der Waals surface area contributed by atoms with Gasteiger partial charge in [0.2, 0.25) is 5.91 Å². The third-order valence-electron chi connectivity index (χ3n) is 3.97. The number of thiazole rings is 1. The average molecular weight is 405 g/mol. The van der Waals surface area contributed by atoms with Gasteiger partial charge in [-0.1, -0.05) is 6.07 Å². The Morgan fingerprint density at radius 1 is 1.07 bits per heavy atom. The van der Waals surface area contributed by atoms with Gasteiger partial charge in [-0.2, -0.15) is 0 Å². The lowest BCUT2D eigenvalue weighted by Crippen LogP contribution is -2.14. The average Bonchev–Trinajstić information content (AvgIpc) is 3.18. The summed E-state index contributed by atoms with van der Waals surface area (Å²) in [6.45, 7) is 0. The van der Waals surface area contributed by atoms with E-state index < -0.39 is 0 Å². The molecule has 0 saturated heterocycles. The molecule has 29 heavy (non-hydrogen) atoms. The molecule has 144 valence electrons.